The van der Waals surface area contributed by atoms with Crippen LogP contribution in [0.2, 0.25) is 0 Å². The molecule has 0 aliphatic rings. The van der Waals surface area contributed by atoms with Crippen LogP contribution in [-0.2, 0) is 35.2 Å². The highest BCUT2D eigenvalue weighted by molar-refractivity contribution is 5.85. The lowest BCUT2D eigenvalue weighted by Gasteiger charge is -2.19. The average molecular weight is 437 g/mol. The van der Waals surface area contributed by atoms with E-state index in [1.54, 1.807) is 6.92 Å². The molecule has 1 aromatic carbocycles. The van der Waals surface area contributed by atoms with E-state index in [1.807, 2.05) is 30.3 Å². The van der Waals surface area contributed by atoms with Gasteiger partial charge in [-0.15, -0.1) is 0 Å². The van der Waals surface area contributed by atoms with Crippen LogP contribution in [0.25, 0.3) is 0 Å². The number of amides is 2. The standard InChI is InChI=1S/C22H32N2O7/c1-16(20(26)29-2)14-18(21(27)30-3)24-19(25)12-8-5-9-13-23-22(28)31-15-17-10-6-4-7-11-17/h4,6-7,10-11,16,18H,5,8-9,12-15H2,1-3H3,(H,23,28)(H,24,25)/t16-,18-/m1/s1. The van der Waals surface area contributed by atoms with Gasteiger partial charge >= 0.3 is 18.0 Å². The molecule has 2 amide bonds. The molecular formula is C22H32N2O7. The van der Waals surface area contributed by atoms with Gasteiger partial charge in [-0.3, -0.25) is 9.59 Å². The Kier molecular flexibility index (Phi) is 12.4. The molecular weight excluding hydrogens is 404 g/mol. The summed E-state index contributed by atoms with van der Waals surface area (Å²) in [5.74, 6) is -1.93. The van der Waals surface area contributed by atoms with Crippen LogP contribution in [0.15, 0.2) is 30.3 Å². The van der Waals surface area contributed by atoms with Crippen molar-refractivity contribution in [2.45, 2.75) is 51.7 Å². The number of benzene rings is 1. The number of carbonyl (C=O) groups is 4. The van der Waals surface area contributed by atoms with Crippen molar-refractivity contribution in [1.82, 2.24) is 10.6 Å². The Labute approximate surface area is 182 Å². The monoisotopic (exact) mass is 436 g/mol. The smallest absolute Gasteiger partial charge is 0.407 e. The number of unbranched alkanes of at least 4 members (excludes halogenated alkanes) is 2. The van der Waals surface area contributed by atoms with Gasteiger partial charge in [-0.1, -0.05) is 43.7 Å². The molecule has 0 unspecified atom stereocenters. The molecule has 0 heterocycles. The number of carbonyl (C=O) groups excluding carboxylic acids is 4. The van der Waals surface area contributed by atoms with Crippen LogP contribution in [0.3, 0.4) is 0 Å². The van der Waals surface area contributed by atoms with Gasteiger partial charge in [-0.05, 0) is 24.8 Å². The van der Waals surface area contributed by atoms with Crippen molar-refractivity contribution in [2.24, 2.45) is 5.92 Å². The van der Waals surface area contributed by atoms with Gasteiger partial charge in [-0.2, -0.15) is 0 Å². The number of esters is 2. The normalized spacial score (nSPS) is 12.2. The third-order valence-corrected chi connectivity index (χ3v) is 4.58. The van der Waals surface area contributed by atoms with E-state index < -0.39 is 30.0 Å². The molecule has 0 radical (unpaired) electrons. The highest BCUT2D eigenvalue weighted by atomic mass is 16.5. The maximum Gasteiger partial charge on any atom is 0.407 e. The quantitative estimate of drug-likeness (QED) is 0.277. The van der Waals surface area contributed by atoms with Gasteiger partial charge < -0.3 is 24.8 Å². The highest BCUT2D eigenvalue weighted by Crippen LogP contribution is 2.10. The molecule has 0 aliphatic heterocycles. The van der Waals surface area contributed by atoms with Gasteiger partial charge in [0.05, 0.1) is 20.1 Å². The summed E-state index contributed by atoms with van der Waals surface area (Å²) < 4.78 is 14.5. The Hall–Kier alpha value is -3.10. The molecule has 2 N–H and O–H groups in total. The van der Waals surface area contributed by atoms with Crippen molar-refractivity contribution in [3.8, 4) is 0 Å². The highest BCUT2D eigenvalue weighted by Gasteiger charge is 2.27. The number of hydrogen-bond donors (Lipinski definition) is 2. The number of ether oxygens (including phenoxy) is 3. The molecule has 1 rings (SSSR count). The Morgan fingerprint density at radius 1 is 0.935 bits per heavy atom. The summed E-state index contributed by atoms with van der Waals surface area (Å²) in [5.41, 5.74) is 0.912. The molecule has 0 bridgehead atoms. The fraction of sp³-hybridized carbons (Fsp3) is 0.545. The zero-order valence-electron chi connectivity index (χ0n) is 18.3. The first-order chi connectivity index (χ1) is 14.9. The zero-order chi connectivity index (χ0) is 23.1. The van der Waals surface area contributed by atoms with Crippen molar-refractivity contribution < 1.29 is 33.4 Å². The molecule has 0 fully saturated rings. The maximum absolute atomic E-state index is 12.1. The first-order valence-corrected chi connectivity index (χ1v) is 10.3. The second-order valence-corrected chi connectivity index (χ2v) is 7.10. The van der Waals surface area contributed by atoms with E-state index >= 15 is 0 Å². The minimum Gasteiger partial charge on any atom is -0.469 e. The SMILES string of the molecule is COC(=O)[C@H](C)C[C@@H](NC(=O)CCCCCNC(=O)OCc1ccccc1)C(=O)OC. The molecule has 0 aliphatic carbocycles. The summed E-state index contributed by atoms with van der Waals surface area (Å²) >= 11 is 0. The van der Waals surface area contributed by atoms with Crippen LogP contribution in [0.5, 0.6) is 0 Å². The summed E-state index contributed by atoms with van der Waals surface area (Å²) in [4.78, 5) is 47.2. The lowest BCUT2D eigenvalue weighted by atomic mass is 10.0. The van der Waals surface area contributed by atoms with Gasteiger partial charge in [0.15, 0.2) is 0 Å². The lowest BCUT2D eigenvalue weighted by Crippen LogP contribution is -2.43. The Morgan fingerprint density at radius 3 is 2.26 bits per heavy atom. The van der Waals surface area contributed by atoms with Crippen LogP contribution in [0.4, 0.5) is 4.79 Å². The summed E-state index contributed by atoms with van der Waals surface area (Å²) in [6.45, 7) is 2.27. The minimum absolute atomic E-state index is 0.0973. The topological polar surface area (TPSA) is 120 Å². The van der Waals surface area contributed by atoms with E-state index in [1.165, 1.54) is 14.2 Å². The lowest BCUT2D eigenvalue weighted by molar-refractivity contribution is -0.148. The largest absolute Gasteiger partial charge is 0.469 e. The van der Waals surface area contributed by atoms with Crippen LogP contribution >= 0.6 is 0 Å². The number of hydrogen-bond acceptors (Lipinski definition) is 7. The van der Waals surface area contributed by atoms with Gasteiger partial charge in [0.2, 0.25) is 5.91 Å². The van der Waals surface area contributed by atoms with Crippen molar-refractivity contribution in [3.05, 3.63) is 35.9 Å². The fourth-order valence-corrected chi connectivity index (χ4v) is 2.83. The molecule has 9 nitrogen and oxygen atoms in total. The Morgan fingerprint density at radius 2 is 1.61 bits per heavy atom. The molecule has 9 heteroatoms. The zero-order valence-corrected chi connectivity index (χ0v) is 18.3. The van der Waals surface area contributed by atoms with E-state index in [2.05, 4.69) is 15.4 Å². The van der Waals surface area contributed by atoms with Gasteiger partial charge in [0.25, 0.3) is 0 Å². The second kappa shape index (κ2) is 14.8. The fourth-order valence-electron chi connectivity index (χ4n) is 2.83. The summed E-state index contributed by atoms with van der Waals surface area (Å²) in [7, 11) is 2.49. The average Bonchev–Trinajstić information content (AvgIpc) is 2.78. The molecule has 0 saturated heterocycles. The molecule has 1 aromatic rings. The first kappa shape index (κ1) is 25.9. The molecule has 31 heavy (non-hydrogen) atoms. The number of alkyl carbamates (subject to hydrolysis) is 1. The van der Waals surface area contributed by atoms with Crippen LogP contribution in [0, 0.1) is 5.92 Å². The first-order valence-electron chi connectivity index (χ1n) is 10.3. The molecule has 0 aromatic heterocycles. The number of methoxy groups -OCH3 is 2. The summed E-state index contributed by atoms with van der Waals surface area (Å²) in [5, 5.41) is 5.27. The van der Waals surface area contributed by atoms with E-state index in [0.717, 1.165) is 5.56 Å². The van der Waals surface area contributed by atoms with E-state index in [0.29, 0.717) is 25.8 Å². The number of rotatable bonds is 13. The third-order valence-electron chi connectivity index (χ3n) is 4.58. The molecule has 2 atom stereocenters. The second-order valence-electron chi connectivity index (χ2n) is 7.10. The predicted octanol–water partition coefficient (Wildman–Crippen LogP) is 2.33. The Balaban J connectivity index is 2.20. The Bertz CT molecular complexity index is 709. The maximum atomic E-state index is 12.1. The third kappa shape index (κ3) is 11.0. The van der Waals surface area contributed by atoms with Crippen molar-refractivity contribution in [3.63, 3.8) is 0 Å². The van der Waals surface area contributed by atoms with Crippen LogP contribution in [-0.4, -0.2) is 50.7 Å². The predicted molar refractivity (Wildman–Crippen MR) is 113 cm³/mol. The van der Waals surface area contributed by atoms with E-state index in [9.17, 15) is 19.2 Å². The number of nitrogens with one attached hydrogen (secondary N) is 2. The van der Waals surface area contributed by atoms with Crippen molar-refractivity contribution in [1.29, 1.82) is 0 Å². The van der Waals surface area contributed by atoms with Gasteiger partial charge in [-0.25, -0.2) is 9.59 Å². The summed E-state index contributed by atoms with van der Waals surface area (Å²) in [6.07, 6.45) is 1.83. The van der Waals surface area contributed by atoms with Gasteiger partial charge in [0, 0.05) is 13.0 Å². The van der Waals surface area contributed by atoms with E-state index in [-0.39, 0.29) is 25.4 Å². The van der Waals surface area contributed by atoms with Crippen molar-refractivity contribution >= 4 is 23.9 Å². The van der Waals surface area contributed by atoms with Crippen LogP contribution in [0.1, 0.15) is 44.6 Å². The summed E-state index contributed by atoms with van der Waals surface area (Å²) in [6, 6.07) is 8.48. The van der Waals surface area contributed by atoms with Crippen LogP contribution < -0.4 is 10.6 Å². The molecule has 0 saturated carbocycles. The molecule has 172 valence electrons. The van der Waals surface area contributed by atoms with Crippen molar-refractivity contribution in [2.75, 3.05) is 20.8 Å². The molecule has 0 spiro atoms. The van der Waals surface area contributed by atoms with Gasteiger partial charge in [0.1, 0.15) is 12.6 Å². The minimum atomic E-state index is -0.910. The van der Waals surface area contributed by atoms with E-state index in [4.69, 9.17) is 9.47 Å².